The van der Waals surface area contributed by atoms with Crippen LogP contribution in [0.3, 0.4) is 0 Å². The molecule has 0 bridgehead atoms. The molecule has 0 aliphatic rings. The van der Waals surface area contributed by atoms with Gasteiger partial charge >= 0.3 is 0 Å². The number of benzene rings is 2. The van der Waals surface area contributed by atoms with Gasteiger partial charge in [0.25, 0.3) is 5.91 Å². The van der Waals surface area contributed by atoms with Gasteiger partial charge in [-0.3, -0.25) is 9.59 Å². The quantitative estimate of drug-likeness (QED) is 0.720. The second-order valence-electron chi connectivity index (χ2n) is 7.18. The fourth-order valence-corrected chi connectivity index (χ4v) is 3.14. The summed E-state index contributed by atoms with van der Waals surface area (Å²) in [4.78, 5) is 27.2. The summed E-state index contributed by atoms with van der Waals surface area (Å²) >= 11 is 12.0. The third-order valence-electron chi connectivity index (χ3n) is 4.42. The highest BCUT2D eigenvalue weighted by atomic mass is 35.5. The average molecular weight is 423 g/mol. The number of carbonyl (C=O) groups excluding carboxylic acids is 2. The maximum absolute atomic E-state index is 12.5. The van der Waals surface area contributed by atoms with E-state index in [0.29, 0.717) is 16.6 Å². The highest BCUT2D eigenvalue weighted by Crippen LogP contribution is 2.22. The Morgan fingerprint density at radius 1 is 1.07 bits per heavy atom. The van der Waals surface area contributed by atoms with Gasteiger partial charge < -0.3 is 15.1 Å². The van der Waals surface area contributed by atoms with Crippen LogP contribution in [0.1, 0.15) is 16.7 Å². The lowest BCUT2D eigenvalue weighted by Gasteiger charge is -2.20. The molecule has 0 aliphatic carbocycles. The van der Waals surface area contributed by atoms with Gasteiger partial charge in [-0.2, -0.15) is 0 Å². The fourth-order valence-electron chi connectivity index (χ4n) is 2.82. The number of halogens is 2. The van der Waals surface area contributed by atoms with Crippen molar-refractivity contribution >= 4 is 40.7 Å². The van der Waals surface area contributed by atoms with Crippen molar-refractivity contribution in [1.29, 1.82) is 0 Å². The van der Waals surface area contributed by atoms with Crippen molar-refractivity contribution in [2.24, 2.45) is 0 Å². The lowest BCUT2D eigenvalue weighted by atomic mass is 10.1. The summed E-state index contributed by atoms with van der Waals surface area (Å²) in [5, 5.41) is 3.88. The van der Waals surface area contributed by atoms with Crippen LogP contribution in [0.4, 0.5) is 5.69 Å². The molecule has 1 atom stereocenters. The van der Waals surface area contributed by atoms with Crippen LogP contribution in [0.15, 0.2) is 36.4 Å². The molecule has 1 unspecified atom stereocenters. The van der Waals surface area contributed by atoms with E-state index in [1.165, 1.54) is 4.90 Å². The van der Waals surface area contributed by atoms with Gasteiger partial charge in [-0.15, -0.1) is 0 Å². The van der Waals surface area contributed by atoms with E-state index < -0.39 is 0 Å². The number of nitrogens with zero attached hydrogens (tertiary/aromatic N) is 1. The summed E-state index contributed by atoms with van der Waals surface area (Å²) in [5.74, 6) is -0.319. The van der Waals surface area contributed by atoms with Crippen LogP contribution >= 0.6 is 23.2 Å². The molecule has 0 radical (unpaired) electrons. The summed E-state index contributed by atoms with van der Waals surface area (Å²) in [5.41, 5.74) is 3.82. The van der Waals surface area contributed by atoms with E-state index in [1.807, 2.05) is 45.2 Å². The average Bonchev–Trinajstić information content (AvgIpc) is 2.61. The number of carbonyl (C=O) groups is 2. The van der Waals surface area contributed by atoms with Gasteiger partial charge in [0, 0.05) is 18.3 Å². The lowest BCUT2D eigenvalue weighted by Crippen LogP contribution is -3.08. The van der Waals surface area contributed by atoms with Crippen LogP contribution in [0.5, 0.6) is 0 Å². The number of hydrogen-bond acceptors (Lipinski definition) is 2. The van der Waals surface area contributed by atoms with E-state index in [2.05, 4.69) is 5.32 Å². The minimum absolute atomic E-state index is 0.00622. The van der Waals surface area contributed by atoms with Crippen molar-refractivity contribution in [3.05, 3.63) is 63.1 Å². The van der Waals surface area contributed by atoms with Crippen molar-refractivity contribution in [2.45, 2.75) is 20.4 Å². The molecule has 2 rings (SSSR count). The number of hydrogen-bond donors (Lipinski definition) is 2. The molecule has 0 fully saturated rings. The third-order valence-corrected chi connectivity index (χ3v) is 5.16. The molecule has 0 spiro atoms. The largest absolute Gasteiger partial charge is 0.332 e. The Hall–Kier alpha value is -2.08. The Morgan fingerprint density at radius 2 is 1.79 bits per heavy atom. The Morgan fingerprint density at radius 3 is 2.46 bits per heavy atom. The van der Waals surface area contributed by atoms with Crippen LogP contribution in [0.25, 0.3) is 0 Å². The molecule has 0 aliphatic heterocycles. The molecule has 7 heteroatoms. The number of anilines is 1. The fraction of sp³-hybridized carbons (Fsp3) is 0.333. The van der Waals surface area contributed by atoms with E-state index >= 15 is 0 Å². The first-order valence-electron chi connectivity index (χ1n) is 9.02. The van der Waals surface area contributed by atoms with Crippen molar-refractivity contribution in [1.82, 2.24) is 4.90 Å². The summed E-state index contributed by atoms with van der Waals surface area (Å²) in [6, 6.07) is 11.3. The molecule has 150 valence electrons. The maximum Gasteiger partial charge on any atom is 0.277 e. The highest BCUT2D eigenvalue weighted by Gasteiger charge is 2.18. The summed E-state index contributed by atoms with van der Waals surface area (Å²) in [6.07, 6.45) is 0. The van der Waals surface area contributed by atoms with Crippen molar-refractivity contribution in [3.63, 3.8) is 0 Å². The maximum atomic E-state index is 12.5. The highest BCUT2D eigenvalue weighted by molar-refractivity contribution is 6.42. The van der Waals surface area contributed by atoms with Gasteiger partial charge in [-0.1, -0.05) is 41.4 Å². The monoisotopic (exact) mass is 422 g/mol. The predicted octanol–water partition coefficient (Wildman–Crippen LogP) is 2.72. The Labute approximate surface area is 176 Å². The van der Waals surface area contributed by atoms with Gasteiger partial charge in [-0.25, -0.2) is 0 Å². The molecule has 0 aromatic heterocycles. The molecule has 2 aromatic rings. The molecule has 5 nitrogen and oxygen atoms in total. The lowest BCUT2D eigenvalue weighted by molar-refractivity contribution is -0.885. The number of aryl methyl sites for hydroxylation is 2. The van der Waals surface area contributed by atoms with Crippen LogP contribution in [0, 0.1) is 13.8 Å². The minimum Gasteiger partial charge on any atom is -0.332 e. The molecular formula is C21H26Cl2N3O2+. The molecular weight excluding hydrogens is 397 g/mol. The number of nitrogens with one attached hydrogen (secondary N) is 2. The number of likely N-dealkylation sites (N-methyl/N-ethyl adjacent to an activating group) is 2. The first-order chi connectivity index (χ1) is 13.2. The van der Waals surface area contributed by atoms with E-state index in [1.54, 1.807) is 19.2 Å². The zero-order valence-electron chi connectivity index (χ0n) is 16.6. The minimum atomic E-state index is -0.216. The van der Waals surface area contributed by atoms with Crippen LogP contribution in [0.2, 0.25) is 10.0 Å². The molecule has 2 aromatic carbocycles. The van der Waals surface area contributed by atoms with Crippen molar-refractivity contribution in [3.8, 4) is 0 Å². The second kappa shape index (κ2) is 9.92. The van der Waals surface area contributed by atoms with E-state index in [0.717, 1.165) is 27.3 Å². The molecule has 2 amide bonds. The van der Waals surface area contributed by atoms with Crippen molar-refractivity contribution in [2.75, 3.05) is 32.5 Å². The summed E-state index contributed by atoms with van der Waals surface area (Å²) in [7, 11) is 3.56. The zero-order chi connectivity index (χ0) is 20.8. The molecule has 2 N–H and O–H groups in total. The van der Waals surface area contributed by atoms with Crippen LogP contribution < -0.4 is 10.2 Å². The summed E-state index contributed by atoms with van der Waals surface area (Å²) in [6.45, 7) is 4.81. The predicted molar refractivity (Wildman–Crippen MR) is 114 cm³/mol. The van der Waals surface area contributed by atoms with Gasteiger partial charge in [0.2, 0.25) is 5.91 Å². The molecule has 28 heavy (non-hydrogen) atoms. The molecule has 0 heterocycles. The third kappa shape index (κ3) is 6.51. The zero-order valence-corrected chi connectivity index (χ0v) is 18.1. The first-order valence-corrected chi connectivity index (χ1v) is 9.77. The second-order valence-corrected chi connectivity index (χ2v) is 7.99. The first kappa shape index (κ1) is 22.2. The van der Waals surface area contributed by atoms with Gasteiger partial charge in [0.05, 0.1) is 23.6 Å². The standard InChI is InChI=1S/C21H25Cl2N3O2/c1-14-5-6-15(2)19(9-14)24-20(27)12-26(4)21(28)13-25(3)11-16-7-8-17(22)18(23)10-16/h5-10H,11-13H2,1-4H3,(H,24,27)/p+1. The van der Waals surface area contributed by atoms with Gasteiger partial charge in [-0.05, 0) is 43.2 Å². The van der Waals surface area contributed by atoms with E-state index in [-0.39, 0.29) is 24.9 Å². The van der Waals surface area contributed by atoms with Gasteiger partial charge in [0.15, 0.2) is 6.54 Å². The molecule has 0 saturated heterocycles. The topological polar surface area (TPSA) is 53.9 Å². The Bertz CT molecular complexity index is 871. The Balaban J connectivity index is 1.86. The number of amides is 2. The van der Waals surface area contributed by atoms with Crippen LogP contribution in [-0.4, -0.2) is 43.9 Å². The van der Waals surface area contributed by atoms with E-state index in [4.69, 9.17) is 23.2 Å². The summed E-state index contributed by atoms with van der Waals surface area (Å²) < 4.78 is 0. The van der Waals surface area contributed by atoms with Crippen LogP contribution in [-0.2, 0) is 16.1 Å². The smallest absolute Gasteiger partial charge is 0.277 e. The van der Waals surface area contributed by atoms with Gasteiger partial charge in [0.1, 0.15) is 6.54 Å². The number of rotatable bonds is 7. The SMILES string of the molecule is Cc1ccc(C)c(NC(=O)CN(C)C(=O)C[NH+](C)Cc2ccc(Cl)c(Cl)c2)c1. The number of quaternary nitrogens is 1. The van der Waals surface area contributed by atoms with E-state index in [9.17, 15) is 9.59 Å². The van der Waals surface area contributed by atoms with Crippen molar-refractivity contribution < 1.29 is 14.5 Å². The Kier molecular flexibility index (Phi) is 7.87. The molecule has 0 saturated carbocycles. The normalized spacial score (nSPS) is 11.8.